The molecule has 0 bridgehead atoms. The minimum absolute atomic E-state index is 0.0625. The average molecular weight is 387 g/mol. The van der Waals surface area contributed by atoms with Crippen LogP contribution in [0.2, 0.25) is 0 Å². The smallest absolute Gasteiger partial charge is 0.303 e. The number of carboxylic acid groups (broad SMARTS) is 1. The molecule has 1 fully saturated rings. The van der Waals surface area contributed by atoms with Crippen molar-refractivity contribution in [3.8, 4) is 0 Å². The van der Waals surface area contributed by atoms with Crippen LogP contribution in [0.4, 0.5) is 0 Å². The third-order valence-corrected chi connectivity index (χ3v) is 4.89. The molecule has 9 heteroatoms. The molecule has 0 spiro atoms. The monoisotopic (exact) mass is 387 g/mol. The number of nitrogens with zero attached hydrogens (tertiary/aromatic N) is 1. The highest BCUT2D eigenvalue weighted by Crippen LogP contribution is 2.28. The highest BCUT2D eigenvalue weighted by atomic mass is 16.4. The first-order valence-electron chi connectivity index (χ1n) is 9.14. The number of benzene rings is 1. The molecule has 3 N–H and O–H groups in total. The van der Waals surface area contributed by atoms with Crippen molar-refractivity contribution < 1.29 is 29.1 Å². The predicted molar refractivity (Wildman–Crippen MR) is 96.3 cm³/mol. The minimum Gasteiger partial charge on any atom is -0.481 e. The van der Waals surface area contributed by atoms with Crippen LogP contribution in [0, 0.1) is 0 Å². The summed E-state index contributed by atoms with van der Waals surface area (Å²) in [5, 5.41) is 13.6. The SMILES string of the molecule is O=C(O)CCCCNC(=O)c1ccc2c(c1)CN(C1CCC(=O)NC1=O)C2=O. The Hall–Kier alpha value is -3.23. The van der Waals surface area contributed by atoms with Crippen LogP contribution < -0.4 is 10.6 Å². The first-order valence-corrected chi connectivity index (χ1v) is 9.14. The molecule has 0 radical (unpaired) electrons. The van der Waals surface area contributed by atoms with Crippen molar-refractivity contribution in [1.82, 2.24) is 15.5 Å². The number of hydrogen-bond acceptors (Lipinski definition) is 5. The second kappa shape index (κ2) is 8.20. The Bertz CT molecular complexity index is 850. The summed E-state index contributed by atoms with van der Waals surface area (Å²) in [5.74, 6) is -2.27. The van der Waals surface area contributed by atoms with E-state index in [0.29, 0.717) is 36.1 Å². The molecule has 148 valence electrons. The molecule has 2 aliphatic rings. The number of carboxylic acids is 1. The van der Waals surface area contributed by atoms with Crippen molar-refractivity contribution >= 4 is 29.6 Å². The number of fused-ring (bicyclic) bond motifs is 1. The zero-order valence-corrected chi connectivity index (χ0v) is 15.2. The maximum Gasteiger partial charge on any atom is 0.303 e. The Morgan fingerprint density at radius 3 is 2.71 bits per heavy atom. The zero-order valence-electron chi connectivity index (χ0n) is 15.2. The number of amides is 4. The molecular weight excluding hydrogens is 366 g/mol. The lowest BCUT2D eigenvalue weighted by atomic mass is 10.0. The number of rotatable bonds is 7. The Balaban J connectivity index is 1.61. The van der Waals surface area contributed by atoms with Gasteiger partial charge in [0.2, 0.25) is 11.8 Å². The summed E-state index contributed by atoms with van der Waals surface area (Å²) >= 11 is 0. The standard InChI is InChI=1S/C19H21N3O6/c23-15-7-6-14(18(27)21-15)22-10-12-9-11(4-5-13(12)19(22)28)17(26)20-8-2-1-3-16(24)25/h4-5,9,14H,1-3,6-8,10H2,(H,20,26)(H,24,25)(H,21,23,27). The van der Waals surface area contributed by atoms with Gasteiger partial charge in [-0.1, -0.05) is 0 Å². The van der Waals surface area contributed by atoms with E-state index in [4.69, 9.17) is 5.11 Å². The molecule has 9 nitrogen and oxygen atoms in total. The van der Waals surface area contributed by atoms with Crippen LogP contribution in [-0.4, -0.2) is 52.2 Å². The fraction of sp³-hybridized carbons (Fsp3) is 0.421. The van der Waals surface area contributed by atoms with E-state index in [2.05, 4.69) is 10.6 Å². The number of unbranched alkanes of at least 4 members (excludes halogenated alkanes) is 1. The highest BCUT2D eigenvalue weighted by molar-refractivity contribution is 6.06. The molecule has 4 amide bonds. The number of carbonyl (C=O) groups is 5. The third kappa shape index (κ3) is 4.19. The summed E-state index contributed by atoms with van der Waals surface area (Å²) in [7, 11) is 0. The topological polar surface area (TPSA) is 133 Å². The molecule has 1 aromatic rings. The fourth-order valence-corrected chi connectivity index (χ4v) is 3.42. The van der Waals surface area contributed by atoms with Gasteiger partial charge in [-0.25, -0.2) is 0 Å². The molecule has 1 aromatic carbocycles. The molecule has 0 aromatic heterocycles. The van der Waals surface area contributed by atoms with E-state index in [9.17, 15) is 24.0 Å². The number of aliphatic carboxylic acids is 1. The van der Waals surface area contributed by atoms with Crippen LogP contribution >= 0.6 is 0 Å². The lowest BCUT2D eigenvalue weighted by Crippen LogP contribution is -2.52. The van der Waals surface area contributed by atoms with Crippen LogP contribution in [-0.2, 0) is 20.9 Å². The summed E-state index contributed by atoms with van der Waals surface area (Å²) in [6.45, 7) is 0.574. The molecule has 0 saturated carbocycles. The lowest BCUT2D eigenvalue weighted by Gasteiger charge is -2.29. The average Bonchev–Trinajstić information content (AvgIpc) is 2.97. The Morgan fingerprint density at radius 2 is 2.00 bits per heavy atom. The van der Waals surface area contributed by atoms with Crippen molar-refractivity contribution in [3.05, 3.63) is 34.9 Å². The van der Waals surface area contributed by atoms with Gasteiger partial charge in [-0.05, 0) is 43.0 Å². The van der Waals surface area contributed by atoms with E-state index < -0.39 is 17.9 Å². The normalized spacial score (nSPS) is 18.6. The minimum atomic E-state index is -0.866. The number of piperidine rings is 1. The van der Waals surface area contributed by atoms with Gasteiger partial charge in [0.15, 0.2) is 0 Å². The molecular formula is C19H21N3O6. The van der Waals surface area contributed by atoms with E-state index in [1.165, 1.54) is 4.90 Å². The molecule has 1 saturated heterocycles. The van der Waals surface area contributed by atoms with Crippen LogP contribution in [0.3, 0.4) is 0 Å². The number of nitrogens with one attached hydrogen (secondary N) is 2. The summed E-state index contributed by atoms with van der Waals surface area (Å²) < 4.78 is 0. The summed E-state index contributed by atoms with van der Waals surface area (Å²) in [6, 6.07) is 4.07. The van der Waals surface area contributed by atoms with Gasteiger partial charge in [0.05, 0.1) is 0 Å². The van der Waals surface area contributed by atoms with Crippen molar-refractivity contribution in [2.45, 2.75) is 44.7 Å². The maximum atomic E-state index is 12.6. The van der Waals surface area contributed by atoms with E-state index in [0.717, 1.165) is 0 Å². The first-order chi connectivity index (χ1) is 13.4. The molecule has 2 heterocycles. The molecule has 28 heavy (non-hydrogen) atoms. The van der Waals surface area contributed by atoms with E-state index in [1.807, 2.05) is 0 Å². The van der Waals surface area contributed by atoms with Gasteiger partial charge in [0.25, 0.3) is 11.8 Å². The van der Waals surface area contributed by atoms with Gasteiger partial charge in [0, 0.05) is 37.1 Å². The van der Waals surface area contributed by atoms with Crippen molar-refractivity contribution in [3.63, 3.8) is 0 Å². The van der Waals surface area contributed by atoms with E-state index in [1.54, 1.807) is 18.2 Å². The predicted octanol–water partition coefficient (Wildman–Crippen LogP) is 0.432. The quantitative estimate of drug-likeness (QED) is 0.459. The van der Waals surface area contributed by atoms with Crippen LogP contribution in [0.5, 0.6) is 0 Å². The Kier molecular flexibility index (Phi) is 5.72. The molecule has 0 aliphatic carbocycles. The maximum absolute atomic E-state index is 12.6. The number of imide groups is 1. The van der Waals surface area contributed by atoms with Crippen molar-refractivity contribution in [2.24, 2.45) is 0 Å². The van der Waals surface area contributed by atoms with Gasteiger partial charge in [0.1, 0.15) is 6.04 Å². The molecule has 2 aliphatic heterocycles. The summed E-state index contributed by atoms with van der Waals surface area (Å²) in [5.41, 5.74) is 1.51. The highest BCUT2D eigenvalue weighted by Gasteiger charge is 2.39. The Labute approximate surface area is 161 Å². The van der Waals surface area contributed by atoms with Gasteiger partial charge in [-0.2, -0.15) is 0 Å². The largest absolute Gasteiger partial charge is 0.481 e. The second-order valence-electron chi connectivity index (χ2n) is 6.88. The van der Waals surface area contributed by atoms with Crippen molar-refractivity contribution in [1.29, 1.82) is 0 Å². The van der Waals surface area contributed by atoms with Gasteiger partial charge < -0.3 is 15.3 Å². The van der Waals surface area contributed by atoms with E-state index >= 15 is 0 Å². The number of hydrogen-bond donors (Lipinski definition) is 3. The van der Waals surface area contributed by atoms with Gasteiger partial charge in [-0.3, -0.25) is 29.3 Å². The van der Waals surface area contributed by atoms with Crippen LogP contribution in [0.15, 0.2) is 18.2 Å². The van der Waals surface area contributed by atoms with E-state index in [-0.39, 0.29) is 43.5 Å². The summed E-state index contributed by atoms with van der Waals surface area (Å²) in [4.78, 5) is 60.1. The van der Waals surface area contributed by atoms with Gasteiger partial charge in [-0.15, -0.1) is 0 Å². The fourth-order valence-electron chi connectivity index (χ4n) is 3.42. The molecule has 1 atom stereocenters. The van der Waals surface area contributed by atoms with Crippen LogP contribution in [0.25, 0.3) is 0 Å². The zero-order chi connectivity index (χ0) is 20.3. The van der Waals surface area contributed by atoms with Crippen LogP contribution in [0.1, 0.15) is 58.4 Å². The second-order valence-corrected chi connectivity index (χ2v) is 6.88. The lowest BCUT2D eigenvalue weighted by molar-refractivity contribution is -0.138. The third-order valence-electron chi connectivity index (χ3n) is 4.89. The van der Waals surface area contributed by atoms with Gasteiger partial charge >= 0.3 is 5.97 Å². The number of carbonyl (C=O) groups excluding carboxylic acids is 4. The molecule has 3 rings (SSSR count). The van der Waals surface area contributed by atoms with Crippen molar-refractivity contribution in [2.75, 3.05) is 6.54 Å². The Morgan fingerprint density at radius 1 is 1.21 bits per heavy atom. The summed E-state index contributed by atoms with van der Waals surface area (Å²) in [6.07, 6.45) is 1.58. The molecule has 1 unspecified atom stereocenters. The first kappa shape index (κ1) is 19.5.